The number of furan rings is 1. The summed E-state index contributed by atoms with van der Waals surface area (Å²) in [6, 6.07) is 21.7. The van der Waals surface area contributed by atoms with Crippen molar-refractivity contribution in [2.75, 3.05) is 0 Å². The second kappa shape index (κ2) is 9.73. The van der Waals surface area contributed by atoms with Crippen LogP contribution in [0.15, 0.2) is 65.1 Å². The topological polar surface area (TPSA) is 13.1 Å². The summed E-state index contributed by atoms with van der Waals surface area (Å²) in [7, 11) is 0. The minimum atomic E-state index is 0. The minimum Gasteiger partial charge on any atom is -1.00 e. The summed E-state index contributed by atoms with van der Waals surface area (Å²) in [5.74, 6) is 1.97. The Morgan fingerprint density at radius 3 is 2.10 bits per heavy atom. The summed E-state index contributed by atoms with van der Waals surface area (Å²) in [6.45, 7) is 10.9. The summed E-state index contributed by atoms with van der Waals surface area (Å²) in [5.41, 5.74) is 6.43. The van der Waals surface area contributed by atoms with Gasteiger partial charge in [-0.15, -0.1) is 29.0 Å². The van der Waals surface area contributed by atoms with Crippen LogP contribution in [0.3, 0.4) is 0 Å². The summed E-state index contributed by atoms with van der Waals surface area (Å²) in [5, 5.41) is 2.57. The predicted molar refractivity (Wildman–Crippen MR) is 111 cm³/mol. The monoisotopic (exact) mass is 501 g/mol. The van der Waals surface area contributed by atoms with Crippen LogP contribution in [0.2, 0.25) is 0 Å². The first-order chi connectivity index (χ1) is 12.3. The van der Waals surface area contributed by atoms with Gasteiger partial charge in [-0.2, -0.15) is 0 Å². The molecule has 0 atom stereocenters. The van der Waals surface area contributed by atoms with E-state index in [2.05, 4.69) is 95.3 Å². The molecule has 0 saturated heterocycles. The van der Waals surface area contributed by atoms with E-state index in [1.165, 1.54) is 33.0 Å². The molecule has 29 heavy (non-hydrogen) atoms. The third kappa shape index (κ3) is 4.93. The number of hydrogen-bond acceptors (Lipinski definition) is 1. The van der Waals surface area contributed by atoms with E-state index in [-0.39, 0.29) is 56.4 Å². The van der Waals surface area contributed by atoms with Gasteiger partial charge in [-0.25, -0.2) is 0 Å². The van der Waals surface area contributed by atoms with Crippen molar-refractivity contribution >= 4 is 10.8 Å². The number of rotatable bonds is 2. The van der Waals surface area contributed by atoms with Crippen molar-refractivity contribution in [3.05, 3.63) is 77.6 Å². The third-order valence-corrected chi connectivity index (χ3v) is 5.22. The first kappa shape index (κ1) is 25.8. The first-order valence-electron chi connectivity index (χ1n) is 9.21. The van der Waals surface area contributed by atoms with Crippen molar-refractivity contribution in [1.29, 1.82) is 0 Å². The zero-order valence-corrected chi connectivity index (χ0v) is 21.4. The molecule has 0 amide bonds. The van der Waals surface area contributed by atoms with E-state index in [4.69, 9.17) is 4.42 Å². The fraction of sp³-hybridized carbons (Fsp3) is 0.240. The van der Waals surface area contributed by atoms with Gasteiger partial charge < -0.3 is 29.2 Å². The molecule has 1 radical (unpaired) electrons. The summed E-state index contributed by atoms with van der Waals surface area (Å²) in [6.07, 6.45) is 0. The molecule has 0 saturated carbocycles. The van der Waals surface area contributed by atoms with Crippen molar-refractivity contribution in [2.24, 2.45) is 0 Å². The molecular formula is C25H25Cl2OZr. The molecule has 1 aromatic heterocycles. The maximum absolute atomic E-state index is 6.17. The average Bonchev–Trinajstić information content (AvgIpc) is 3.23. The molecule has 4 aromatic rings. The van der Waals surface area contributed by atoms with Crippen molar-refractivity contribution in [3.8, 4) is 22.5 Å². The standard InChI is InChI=1S/C25H25O.2ClH.Zr/c1-16-13-19-14-20(22-11-12-23(26-22)25(3,4)5)15-21(19)24(17(16)2)18-9-7-6-8-10-18;;;/h6-15H,1-5H3;2*1H;/q-1;;;+3/p-2. The summed E-state index contributed by atoms with van der Waals surface area (Å²) < 4.78 is 6.17. The Morgan fingerprint density at radius 1 is 0.862 bits per heavy atom. The maximum atomic E-state index is 6.17. The molecule has 4 heteroatoms. The van der Waals surface area contributed by atoms with E-state index in [1.54, 1.807) is 0 Å². The number of aryl methyl sites for hydroxylation is 1. The first-order valence-corrected chi connectivity index (χ1v) is 9.21. The fourth-order valence-corrected chi connectivity index (χ4v) is 3.62. The molecule has 0 aliphatic heterocycles. The molecule has 0 spiro atoms. The molecule has 0 aliphatic rings. The van der Waals surface area contributed by atoms with Gasteiger partial charge in [0.1, 0.15) is 0 Å². The van der Waals surface area contributed by atoms with Crippen molar-refractivity contribution in [2.45, 2.75) is 40.0 Å². The molecule has 0 bridgehead atoms. The van der Waals surface area contributed by atoms with Gasteiger partial charge >= 0.3 is 26.2 Å². The van der Waals surface area contributed by atoms with Gasteiger partial charge in [0.2, 0.25) is 0 Å². The Kier molecular flexibility index (Phi) is 8.67. The van der Waals surface area contributed by atoms with E-state index in [0.717, 1.165) is 17.1 Å². The predicted octanol–water partition coefficient (Wildman–Crippen LogP) is 1.41. The van der Waals surface area contributed by atoms with Gasteiger partial charge in [0, 0.05) is 5.41 Å². The SMILES string of the molecule is Cc1cc2[cH-]c(-c3ccc(C(C)(C)C)o3)cc2c(-c2ccccc2)c1C.[Cl-].[Cl-].[Zr+3]. The van der Waals surface area contributed by atoms with Crippen LogP contribution >= 0.6 is 0 Å². The molecule has 0 N–H and O–H groups in total. The average molecular weight is 504 g/mol. The van der Waals surface area contributed by atoms with Crippen LogP contribution in [0, 0.1) is 13.8 Å². The largest absolute Gasteiger partial charge is 3.00 e. The number of halogens is 2. The van der Waals surface area contributed by atoms with Crippen LogP contribution in [0.4, 0.5) is 0 Å². The second-order valence-electron chi connectivity index (χ2n) is 8.22. The Hall–Kier alpha value is -1.21. The van der Waals surface area contributed by atoms with Gasteiger partial charge in [-0.1, -0.05) is 67.8 Å². The molecule has 4 rings (SSSR count). The Morgan fingerprint density at radius 2 is 1.52 bits per heavy atom. The zero-order valence-electron chi connectivity index (χ0n) is 17.4. The quantitative estimate of drug-likeness (QED) is 0.377. The summed E-state index contributed by atoms with van der Waals surface area (Å²) >= 11 is 0. The van der Waals surface area contributed by atoms with Crippen LogP contribution in [0.25, 0.3) is 33.2 Å². The van der Waals surface area contributed by atoms with Gasteiger partial charge in [0.25, 0.3) is 0 Å². The van der Waals surface area contributed by atoms with Gasteiger partial charge in [0.05, 0.1) is 11.5 Å². The van der Waals surface area contributed by atoms with Crippen molar-refractivity contribution < 1.29 is 55.4 Å². The van der Waals surface area contributed by atoms with Crippen molar-refractivity contribution in [1.82, 2.24) is 0 Å². The number of hydrogen-bond donors (Lipinski definition) is 0. The maximum Gasteiger partial charge on any atom is 3.00 e. The Labute approximate surface area is 205 Å². The Bertz CT molecular complexity index is 1090. The third-order valence-electron chi connectivity index (χ3n) is 5.22. The van der Waals surface area contributed by atoms with E-state index in [0.29, 0.717) is 0 Å². The van der Waals surface area contributed by atoms with Gasteiger partial charge in [-0.3, -0.25) is 0 Å². The fourth-order valence-electron chi connectivity index (χ4n) is 3.62. The minimum absolute atomic E-state index is 0. The zero-order chi connectivity index (χ0) is 18.5. The van der Waals surface area contributed by atoms with E-state index >= 15 is 0 Å². The number of benzene rings is 2. The molecule has 3 aromatic carbocycles. The van der Waals surface area contributed by atoms with E-state index in [1.807, 2.05) is 0 Å². The molecule has 0 aliphatic carbocycles. The van der Waals surface area contributed by atoms with Crippen molar-refractivity contribution in [3.63, 3.8) is 0 Å². The summed E-state index contributed by atoms with van der Waals surface area (Å²) in [4.78, 5) is 0. The van der Waals surface area contributed by atoms with Crippen LogP contribution in [-0.4, -0.2) is 0 Å². The molecule has 149 valence electrons. The molecule has 0 fully saturated rings. The van der Waals surface area contributed by atoms with Crippen LogP contribution < -0.4 is 24.8 Å². The molecule has 1 heterocycles. The van der Waals surface area contributed by atoms with Crippen LogP contribution in [-0.2, 0) is 31.6 Å². The van der Waals surface area contributed by atoms with Gasteiger partial charge in [0.15, 0.2) is 0 Å². The normalized spacial score (nSPS) is 10.8. The number of fused-ring (bicyclic) bond motifs is 1. The Balaban J connectivity index is 0.00000140. The van der Waals surface area contributed by atoms with Gasteiger partial charge in [-0.05, 0) is 37.1 Å². The van der Waals surface area contributed by atoms with E-state index < -0.39 is 0 Å². The van der Waals surface area contributed by atoms with Crippen LogP contribution in [0.5, 0.6) is 0 Å². The molecule has 1 nitrogen and oxygen atoms in total. The smallest absolute Gasteiger partial charge is 1.00 e. The molecule has 0 unspecified atom stereocenters. The van der Waals surface area contributed by atoms with Crippen LogP contribution in [0.1, 0.15) is 37.7 Å². The van der Waals surface area contributed by atoms with E-state index in [9.17, 15) is 0 Å². The molecular weight excluding hydrogens is 478 g/mol. The second-order valence-corrected chi connectivity index (χ2v) is 8.22.